The molecular formula is C22H24BrN3O5. The third-order valence-electron chi connectivity index (χ3n) is 5.01. The first-order valence-electron chi connectivity index (χ1n) is 9.90. The summed E-state index contributed by atoms with van der Waals surface area (Å²) in [5, 5.41) is 2.86. The van der Waals surface area contributed by atoms with E-state index in [-0.39, 0.29) is 24.8 Å². The molecule has 1 heterocycles. The first-order valence-corrected chi connectivity index (χ1v) is 10.7. The summed E-state index contributed by atoms with van der Waals surface area (Å²) < 4.78 is 11.3. The number of nitrogens with zero attached hydrogens (tertiary/aromatic N) is 2. The van der Waals surface area contributed by atoms with Gasteiger partial charge in [-0.25, -0.2) is 4.79 Å². The SMILES string of the molecule is COc1ccc(CCNC(=O)CCCN2C(=O)N=C3C=CC(Br)=CC3C2=O)cc1OC. The van der Waals surface area contributed by atoms with Gasteiger partial charge >= 0.3 is 6.03 Å². The monoisotopic (exact) mass is 489 g/mol. The molecule has 0 aromatic heterocycles. The molecule has 164 valence electrons. The van der Waals surface area contributed by atoms with Crippen molar-refractivity contribution in [3.63, 3.8) is 0 Å². The molecule has 0 saturated carbocycles. The lowest BCUT2D eigenvalue weighted by Gasteiger charge is -2.28. The van der Waals surface area contributed by atoms with Gasteiger partial charge in [-0.05, 0) is 42.7 Å². The molecule has 0 bridgehead atoms. The van der Waals surface area contributed by atoms with Crippen LogP contribution in [0.4, 0.5) is 4.79 Å². The first-order chi connectivity index (χ1) is 14.9. The Morgan fingerprint density at radius 1 is 1.19 bits per heavy atom. The number of methoxy groups -OCH3 is 2. The van der Waals surface area contributed by atoms with Crippen LogP contribution in [-0.2, 0) is 16.0 Å². The summed E-state index contributed by atoms with van der Waals surface area (Å²) in [7, 11) is 3.16. The number of imide groups is 1. The molecule has 3 rings (SSSR count). The van der Waals surface area contributed by atoms with Crippen molar-refractivity contribution in [2.45, 2.75) is 19.3 Å². The number of hydrogen-bond donors (Lipinski definition) is 1. The Hall–Kier alpha value is -2.94. The molecule has 31 heavy (non-hydrogen) atoms. The number of rotatable bonds is 9. The standard InChI is InChI=1S/C22H24BrN3O5/c1-30-18-8-5-14(12-19(18)31-2)9-10-24-20(27)4-3-11-26-21(28)16-13-15(23)6-7-17(16)25-22(26)29/h5-8,12-13,16H,3-4,9-11H2,1-2H3,(H,24,27). The van der Waals surface area contributed by atoms with E-state index < -0.39 is 11.9 Å². The van der Waals surface area contributed by atoms with Crippen LogP contribution in [0.15, 0.2) is 45.9 Å². The summed E-state index contributed by atoms with van der Waals surface area (Å²) in [6.45, 7) is 0.625. The zero-order chi connectivity index (χ0) is 22.4. The molecule has 0 radical (unpaired) electrons. The van der Waals surface area contributed by atoms with Crippen molar-refractivity contribution in [2.75, 3.05) is 27.3 Å². The number of hydrogen-bond acceptors (Lipinski definition) is 5. The van der Waals surface area contributed by atoms with Crippen LogP contribution in [0.2, 0.25) is 0 Å². The first kappa shape index (κ1) is 22.7. The van der Waals surface area contributed by atoms with Crippen molar-refractivity contribution < 1.29 is 23.9 Å². The quantitative estimate of drug-likeness (QED) is 0.574. The Labute approximate surface area is 189 Å². The number of allylic oxidation sites excluding steroid dienone is 3. The van der Waals surface area contributed by atoms with Crippen LogP contribution in [0.1, 0.15) is 18.4 Å². The number of carbonyl (C=O) groups is 3. The maximum absolute atomic E-state index is 12.6. The summed E-state index contributed by atoms with van der Waals surface area (Å²) in [4.78, 5) is 42.0. The molecule has 1 atom stereocenters. The molecule has 2 aliphatic rings. The topological polar surface area (TPSA) is 97.3 Å². The average Bonchev–Trinajstić information content (AvgIpc) is 2.76. The molecule has 1 N–H and O–H groups in total. The third-order valence-corrected chi connectivity index (χ3v) is 5.54. The highest BCUT2D eigenvalue weighted by Crippen LogP contribution is 2.27. The van der Waals surface area contributed by atoms with Gasteiger partial charge in [-0.15, -0.1) is 0 Å². The number of halogens is 1. The molecule has 0 spiro atoms. The van der Waals surface area contributed by atoms with Gasteiger partial charge in [0.25, 0.3) is 0 Å². The van der Waals surface area contributed by atoms with Crippen LogP contribution in [0.3, 0.4) is 0 Å². The molecule has 1 aliphatic heterocycles. The maximum Gasteiger partial charge on any atom is 0.350 e. The maximum atomic E-state index is 12.6. The molecule has 1 aromatic rings. The Kier molecular flexibility index (Phi) is 7.62. The number of benzene rings is 1. The molecular weight excluding hydrogens is 466 g/mol. The second-order valence-electron chi connectivity index (χ2n) is 7.06. The van der Waals surface area contributed by atoms with Crippen LogP contribution in [0.5, 0.6) is 11.5 Å². The molecule has 9 heteroatoms. The van der Waals surface area contributed by atoms with Gasteiger partial charge in [-0.3, -0.25) is 14.5 Å². The molecule has 1 aliphatic carbocycles. The predicted molar refractivity (Wildman–Crippen MR) is 120 cm³/mol. The fourth-order valence-electron chi connectivity index (χ4n) is 3.38. The van der Waals surface area contributed by atoms with Crippen LogP contribution < -0.4 is 14.8 Å². The minimum Gasteiger partial charge on any atom is -0.493 e. The summed E-state index contributed by atoms with van der Waals surface area (Å²) >= 11 is 3.34. The minimum absolute atomic E-state index is 0.134. The fourth-order valence-corrected chi connectivity index (χ4v) is 3.78. The van der Waals surface area contributed by atoms with Crippen molar-refractivity contribution in [2.24, 2.45) is 10.9 Å². The van der Waals surface area contributed by atoms with Gasteiger partial charge in [-0.1, -0.05) is 28.1 Å². The smallest absolute Gasteiger partial charge is 0.350 e. The molecule has 8 nitrogen and oxygen atoms in total. The lowest BCUT2D eigenvalue weighted by Crippen LogP contribution is -2.46. The van der Waals surface area contributed by atoms with E-state index >= 15 is 0 Å². The lowest BCUT2D eigenvalue weighted by atomic mass is 9.95. The number of carbonyl (C=O) groups excluding carboxylic acids is 3. The minimum atomic E-state index is -0.582. The molecule has 0 fully saturated rings. The number of aliphatic imine (C=N–C) groups is 1. The number of ether oxygens (including phenoxy) is 2. The zero-order valence-corrected chi connectivity index (χ0v) is 19.0. The molecule has 1 unspecified atom stereocenters. The highest BCUT2D eigenvalue weighted by atomic mass is 79.9. The van der Waals surface area contributed by atoms with Crippen LogP contribution in [0.25, 0.3) is 0 Å². The summed E-state index contributed by atoms with van der Waals surface area (Å²) in [6, 6.07) is 5.04. The van der Waals surface area contributed by atoms with Crippen molar-refractivity contribution in [1.29, 1.82) is 0 Å². The fraction of sp³-hybridized carbons (Fsp3) is 0.364. The van der Waals surface area contributed by atoms with E-state index in [0.29, 0.717) is 36.6 Å². The van der Waals surface area contributed by atoms with Crippen molar-refractivity contribution >= 4 is 39.5 Å². The van der Waals surface area contributed by atoms with E-state index in [1.807, 2.05) is 18.2 Å². The second kappa shape index (κ2) is 10.4. The highest BCUT2D eigenvalue weighted by Gasteiger charge is 2.36. The van der Waals surface area contributed by atoms with E-state index in [0.717, 1.165) is 14.9 Å². The molecule has 4 amide bonds. The van der Waals surface area contributed by atoms with Crippen molar-refractivity contribution in [3.8, 4) is 11.5 Å². The van der Waals surface area contributed by atoms with Gasteiger partial charge in [0.05, 0.1) is 19.9 Å². The summed E-state index contributed by atoms with van der Waals surface area (Å²) in [6.07, 6.45) is 6.36. The van der Waals surface area contributed by atoms with Gasteiger partial charge < -0.3 is 14.8 Å². The summed E-state index contributed by atoms with van der Waals surface area (Å²) in [5.41, 5.74) is 1.46. The largest absolute Gasteiger partial charge is 0.493 e. The Bertz CT molecular complexity index is 970. The van der Waals surface area contributed by atoms with E-state index in [1.165, 1.54) is 0 Å². The number of fused-ring (bicyclic) bond motifs is 1. The van der Waals surface area contributed by atoms with Crippen LogP contribution in [-0.4, -0.2) is 55.8 Å². The van der Waals surface area contributed by atoms with E-state index in [2.05, 4.69) is 26.2 Å². The Morgan fingerprint density at radius 3 is 2.71 bits per heavy atom. The predicted octanol–water partition coefficient (Wildman–Crippen LogP) is 3.01. The lowest BCUT2D eigenvalue weighted by molar-refractivity contribution is -0.130. The van der Waals surface area contributed by atoms with Crippen LogP contribution >= 0.6 is 15.9 Å². The normalized spacial score (nSPS) is 17.6. The number of amides is 4. The van der Waals surface area contributed by atoms with E-state index in [9.17, 15) is 14.4 Å². The van der Waals surface area contributed by atoms with E-state index in [4.69, 9.17) is 9.47 Å². The van der Waals surface area contributed by atoms with Crippen LogP contribution in [0, 0.1) is 5.92 Å². The van der Waals surface area contributed by atoms with E-state index in [1.54, 1.807) is 32.4 Å². The molecule has 0 saturated heterocycles. The van der Waals surface area contributed by atoms with Crippen molar-refractivity contribution in [3.05, 3.63) is 46.5 Å². The number of urea groups is 1. The Morgan fingerprint density at radius 2 is 1.97 bits per heavy atom. The Balaban J connectivity index is 1.43. The van der Waals surface area contributed by atoms with Gasteiger partial charge in [-0.2, -0.15) is 4.99 Å². The third kappa shape index (κ3) is 5.61. The van der Waals surface area contributed by atoms with Gasteiger partial charge in [0, 0.05) is 24.0 Å². The van der Waals surface area contributed by atoms with Crippen molar-refractivity contribution in [1.82, 2.24) is 10.2 Å². The number of nitrogens with one attached hydrogen (secondary N) is 1. The zero-order valence-electron chi connectivity index (χ0n) is 17.4. The average molecular weight is 490 g/mol. The highest BCUT2D eigenvalue weighted by molar-refractivity contribution is 9.11. The van der Waals surface area contributed by atoms with Gasteiger partial charge in [0.15, 0.2) is 11.5 Å². The van der Waals surface area contributed by atoms with Gasteiger partial charge in [0.2, 0.25) is 11.8 Å². The summed E-state index contributed by atoms with van der Waals surface area (Å²) in [5.74, 6) is 0.284. The molecule has 1 aromatic carbocycles. The second-order valence-corrected chi connectivity index (χ2v) is 7.98. The van der Waals surface area contributed by atoms with Gasteiger partial charge in [0.1, 0.15) is 5.92 Å².